The summed E-state index contributed by atoms with van der Waals surface area (Å²) in [6.07, 6.45) is 2.30. The van der Waals surface area contributed by atoms with Gasteiger partial charge in [-0.3, -0.25) is 4.90 Å². The van der Waals surface area contributed by atoms with Crippen molar-refractivity contribution in [1.82, 2.24) is 4.90 Å². The molecule has 2 heteroatoms. The number of nitriles is 1. The molecule has 1 aromatic rings. The lowest BCUT2D eigenvalue weighted by Crippen LogP contribution is -2.24. The van der Waals surface area contributed by atoms with Gasteiger partial charge in [0.1, 0.15) is 6.04 Å². The molecular weight excluding hydrogens is 196 g/mol. The monoisotopic (exact) mass is 216 g/mol. The molecule has 0 aromatic heterocycles. The second-order valence-corrected chi connectivity index (χ2v) is 4.28. The lowest BCUT2D eigenvalue weighted by Gasteiger charge is -2.22. The summed E-state index contributed by atoms with van der Waals surface area (Å²) in [4.78, 5) is 2.12. The van der Waals surface area contributed by atoms with Crippen molar-refractivity contribution in [2.75, 3.05) is 13.6 Å². The van der Waals surface area contributed by atoms with E-state index >= 15 is 0 Å². The predicted octanol–water partition coefficient (Wildman–Crippen LogP) is 3.29. The Morgan fingerprint density at radius 1 is 1.44 bits per heavy atom. The molecule has 0 spiro atoms. The van der Waals surface area contributed by atoms with Gasteiger partial charge in [-0.1, -0.05) is 43.2 Å². The number of unbranched alkanes of at least 4 members (excludes halogenated alkanes) is 1. The first-order chi connectivity index (χ1) is 7.69. The van der Waals surface area contributed by atoms with Crippen LogP contribution in [0.25, 0.3) is 0 Å². The zero-order valence-electron chi connectivity index (χ0n) is 10.4. The molecule has 0 radical (unpaired) electrons. The van der Waals surface area contributed by atoms with E-state index in [1.165, 1.54) is 5.56 Å². The average Bonchev–Trinajstić information content (AvgIpc) is 2.27. The van der Waals surface area contributed by atoms with E-state index < -0.39 is 0 Å². The van der Waals surface area contributed by atoms with E-state index in [0.29, 0.717) is 0 Å². The van der Waals surface area contributed by atoms with Crippen molar-refractivity contribution in [3.8, 4) is 6.07 Å². The van der Waals surface area contributed by atoms with Crippen LogP contribution in [0.3, 0.4) is 0 Å². The number of hydrogen-bond acceptors (Lipinski definition) is 2. The van der Waals surface area contributed by atoms with Crippen LogP contribution >= 0.6 is 0 Å². The van der Waals surface area contributed by atoms with Crippen LogP contribution in [0.15, 0.2) is 24.3 Å². The molecule has 1 atom stereocenters. The second kappa shape index (κ2) is 6.30. The highest BCUT2D eigenvalue weighted by Gasteiger charge is 2.15. The van der Waals surface area contributed by atoms with E-state index in [4.69, 9.17) is 0 Å². The molecule has 0 aliphatic rings. The largest absolute Gasteiger partial charge is 0.287 e. The minimum Gasteiger partial charge on any atom is -0.287 e. The van der Waals surface area contributed by atoms with Crippen LogP contribution in [0.5, 0.6) is 0 Å². The van der Waals surface area contributed by atoms with Gasteiger partial charge in [-0.2, -0.15) is 5.26 Å². The second-order valence-electron chi connectivity index (χ2n) is 4.28. The molecule has 1 unspecified atom stereocenters. The summed E-state index contributed by atoms with van der Waals surface area (Å²) in [6, 6.07) is 10.5. The van der Waals surface area contributed by atoms with E-state index in [1.807, 2.05) is 19.2 Å². The lowest BCUT2D eigenvalue weighted by atomic mass is 10.0. The minimum absolute atomic E-state index is 0.119. The molecule has 86 valence electrons. The van der Waals surface area contributed by atoms with Crippen LogP contribution in [0.4, 0.5) is 0 Å². The van der Waals surface area contributed by atoms with Crippen LogP contribution in [-0.2, 0) is 0 Å². The van der Waals surface area contributed by atoms with Crippen LogP contribution in [0.1, 0.15) is 36.9 Å². The summed E-state index contributed by atoms with van der Waals surface area (Å²) >= 11 is 0. The van der Waals surface area contributed by atoms with Crippen molar-refractivity contribution in [3.05, 3.63) is 35.4 Å². The first kappa shape index (κ1) is 12.7. The molecule has 0 saturated carbocycles. The molecule has 0 saturated heterocycles. The van der Waals surface area contributed by atoms with E-state index in [0.717, 1.165) is 24.9 Å². The van der Waals surface area contributed by atoms with Gasteiger partial charge in [0.15, 0.2) is 0 Å². The van der Waals surface area contributed by atoms with E-state index in [2.05, 4.69) is 36.9 Å². The van der Waals surface area contributed by atoms with Crippen LogP contribution < -0.4 is 0 Å². The van der Waals surface area contributed by atoms with Gasteiger partial charge >= 0.3 is 0 Å². The molecule has 0 aliphatic carbocycles. The molecule has 0 N–H and O–H groups in total. The molecule has 0 fully saturated rings. The van der Waals surface area contributed by atoms with Gasteiger partial charge in [0.05, 0.1) is 6.07 Å². The Hall–Kier alpha value is -1.33. The number of hydrogen-bond donors (Lipinski definition) is 0. The lowest BCUT2D eigenvalue weighted by molar-refractivity contribution is 0.286. The van der Waals surface area contributed by atoms with Gasteiger partial charge in [-0.05, 0) is 32.5 Å². The van der Waals surface area contributed by atoms with Crippen LogP contribution in [0, 0.1) is 18.3 Å². The Morgan fingerprint density at radius 3 is 2.75 bits per heavy atom. The summed E-state index contributed by atoms with van der Waals surface area (Å²) in [5.74, 6) is 0. The Kier molecular flexibility index (Phi) is 5.01. The first-order valence-corrected chi connectivity index (χ1v) is 5.85. The SMILES string of the molecule is CCCCN(C)C(C#N)c1cccc(C)c1. The Balaban J connectivity index is 2.78. The molecule has 0 aliphatic heterocycles. The first-order valence-electron chi connectivity index (χ1n) is 5.85. The molecule has 1 aromatic carbocycles. The van der Waals surface area contributed by atoms with Gasteiger partial charge in [0, 0.05) is 0 Å². The third kappa shape index (κ3) is 3.36. The number of rotatable bonds is 5. The van der Waals surface area contributed by atoms with Crippen molar-refractivity contribution >= 4 is 0 Å². The fraction of sp³-hybridized carbons (Fsp3) is 0.500. The Bertz CT molecular complexity index is 365. The number of benzene rings is 1. The van der Waals surface area contributed by atoms with E-state index in [9.17, 15) is 5.26 Å². The molecule has 0 bridgehead atoms. The highest BCUT2D eigenvalue weighted by molar-refractivity contribution is 5.28. The summed E-state index contributed by atoms with van der Waals surface area (Å²) in [5.41, 5.74) is 2.31. The van der Waals surface area contributed by atoms with Gasteiger partial charge in [0.25, 0.3) is 0 Å². The third-order valence-corrected chi connectivity index (χ3v) is 2.79. The quantitative estimate of drug-likeness (QED) is 0.755. The molecule has 1 rings (SSSR count). The summed E-state index contributed by atoms with van der Waals surface area (Å²) in [6.45, 7) is 5.20. The van der Waals surface area contributed by atoms with Gasteiger partial charge < -0.3 is 0 Å². The predicted molar refractivity (Wildman–Crippen MR) is 67.1 cm³/mol. The zero-order chi connectivity index (χ0) is 12.0. The molecule has 2 nitrogen and oxygen atoms in total. The minimum atomic E-state index is -0.119. The van der Waals surface area contributed by atoms with E-state index in [-0.39, 0.29) is 6.04 Å². The van der Waals surface area contributed by atoms with Gasteiger partial charge in [-0.25, -0.2) is 0 Å². The molecule has 0 amide bonds. The van der Waals surface area contributed by atoms with Gasteiger partial charge in [-0.15, -0.1) is 0 Å². The van der Waals surface area contributed by atoms with Crippen molar-refractivity contribution in [3.63, 3.8) is 0 Å². The third-order valence-electron chi connectivity index (χ3n) is 2.79. The highest BCUT2D eigenvalue weighted by Crippen LogP contribution is 2.19. The number of nitrogens with zero attached hydrogens (tertiary/aromatic N) is 2. The maximum Gasteiger partial charge on any atom is 0.123 e. The fourth-order valence-corrected chi connectivity index (χ4v) is 1.80. The maximum absolute atomic E-state index is 9.25. The average molecular weight is 216 g/mol. The topological polar surface area (TPSA) is 27.0 Å². The van der Waals surface area contributed by atoms with Crippen LogP contribution in [-0.4, -0.2) is 18.5 Å². The summed E-state index contributed by atoms with van der Waals surface area (Å²) < 4.78 is 0. The maximum atomic E-state index is 9.25. The van der Waals surface area contributed by atoms with Gasteiger partial charge in [0.2, 0.25) is 0 Å². The van der Waals surface area contributed by atoms with Crippen LogP contribution in [0.2, 0.25) is 0 Å². The van der Waals surface area contributed by atoms with Crippen molar-refractivity contribution in [2.45, 2.75) is 32.7 Å². The van der Waals surface area contributed by atoms with Crippen molar-refractivity contribution in [1.29, 1.82) is 5.26 Å². The smallest absolute Gasteiger partial charge is 0.123 e. The zero-order valence-corrected chi connectivity index (χ0v) is 10.4. The van der Waals surface area contributed by atoms with Crippen molar-refractivity contribution in [2.24, 2.45) is 0 Å². The van der Waals surface area contributed by atoms with E-state index in [1.54, 1.807) is 0 Å². The summed E-state index contributed by atoms with van der Waals surface area (Å²) in [7, 11) is 2.02. The normalized spacial score (nSPS) is 12.4. The molecule has 0 heterocycles. The number of aryl methyl sites for hydroxylation is 1. The standard InChI is InChI=1S/C14H20N2/c1-4-5-9-16(3)14(11-15)13-8-6-7-12(2)10-13/h6-8,10,14H,4-5,9H2,1-3H3. The molecule has 16 heavy (non-hydrogen) atoms. The summed E-state index contributed by atoms with van der Waals surface area (Å²) in [5, 5.41) is 9.25. The highest BCUT2D eigenvalue weighted by atomic mass is 15.1. The van der Waals surface area contributed by atoms with Crippen molar-refractivity contribution < 1.29 is 0 Å². The Morgan fingerprint density at radius 2 is 2.19 bits per heavy atom. The Labute approximate surface area is 98.5 Å². The fourth-order valence-electron chi connectivity index (χ4n) is 1.80. The molecular formula is C14H20N2.